The minimum Gasteiger partial charge on any atom is -0.435 e. The highest BCUT2D eigenvalue weighted by Crippen LogP contribution is 2.32. The second-order valence-corrected chi connectivity index (χ2v) is 9.40. The maximum atomic E-state index is 6.30. The molecule has 3 rings (SSSR count). The molecule has 0 aliphatic carbocycles. The summed E-state index contributed by atoms with van der Waals surface area (Å²) in [7, 11) is 0. The van der Waals surface area contributed by atoms with Gasteiger partial charge in [0.2, 0.25) is 5.88 Å². The third kappa shape index (κ3) is 9.35. The number of nitrogens with one attached hydrogen (secondary N) is 1. The zero-order chi connectivity index (χ0) is 24.6. The van der Waals surface area contributed by atoms with Crippen LogP contribution >= 0.6 is 0 Å². The number of anilines is 2. The Morgan fingerprint density at radius 3 is 2.06 bits per heavy atom. The molecule has 0 unspecified atom stereocenters. The Labute approximate surface area is 211 Å². The van der Waals surface area contributed by atoms with Crippen molar-refractivity contribution in [1.29, 1.82) is 0 Å². The molecule has 0 aliphatic heterocycles. The predicted molar refractivity (Wildman–Crippen MR) is 147 cm³/mol. The molecule has 0 saturated carbocycles. The highest BCUT2D eigenvalue weighted by atomic mass is 16.5. The molecule has 0 atom stereocenters. The van der Waals surface area contributed by atoms with Crippen LogP contribution in [0.1, 0.15) is 96.8 Å². The summed E-state index contributed by atoms with van der Waals surface area (Å²) in [6.45, 7) is 3.12. The Morgan fingerprint density at radius 1 is 0.743 bits per heavy atom. The van der Waals surface area contributed by atoms with Crippen LogP contribution in [0.5, 0.6) is 11.6 Å². The first-order valence-corrected chi connectivity index (χ1v) is 13.7. The molecule has 3 aromatic rings. The number of hydrogen-bond donors (Lipinski definition) is 2. The highest BCUT2D eigenvalue weighted by Gasteiger charge is 2.12. The first kappa shape index (κ1) is 26.7. The molecule has 0 aliphatic rings. The molecule has 0 amide bonds. The summed E-state index contributed by atoms with van der Waals surface area (Å²) in [5.74, 6) is 1.60. The number of para-hydroxylation sites is 1. The summed E-state index contributed by atoms with van der Waals surface area (Å²) in [5.41, 5.74) is 7.51. The quantitative estimate of drug-likeness (QED) is 0.179. The van der Waals surface area contributed by atoms with E-state index in [9.17, 15) is 0 Å². The lowest BCUT2D eigenvalue weighted by Gasteiger charge is -2.12. The maximum absolute atomic E-state index is 6.30. The fourth-order valence-corrected chi connectivity index (χ4v) is 4.39. The van der Waals surface area contributed by atoms with Gasteiger partial charge < -0.3 is 15.8 Å². The topological polar surface area (TPSA) is 86.0 Å². The fraction of sp³-hybridized carbons (Fsp3) is 0.552. The standard InChI is InChI=1S/C29H43N5O/c1-2-3-4-5-6-7-8-9-10-11-12-13-14-15-21-32-28-26(30)29(34-23-33-28)35-25-20-16-18-24-19-17-22-31-27(24)25/h16-20,22-23H,2-15,21,30H2,1H3,(H,32,33,34). The Kier molecular flexibility index (Phi) is 12.1. The van der Waals surface area contributed by atoms with Crippen molar-refractivity contribution in [3.8, 4) is 11.6 Å². The van der Waals surface area contributed by atoms with Gasteiger partial charge in [0.15, 0.2) is 11.6 Å². The van der Waals surface area contributed by atoms with Crippen molar-refractivity contribution in [2.45, 2.75) is 96.8 Å². The first-order valence-electron chi connectivity index (χ1n) is 13.7. The molecule has 6 heteroatoms. The number of nitrogens with two attached hydrogens (primary N) is 1. The summed E-state index contributed by atoms with van der Waals surface area (Å²) in [6.07, 6.45) is 22.2. The van der Waals surface area contributed by atoms with Crippen molar-refractivity contribution in [2.24, 2.45) is 0 Å². The Bertz CT molecular complexity index is 988. The van der Waals surface area contributed by atoms with E-state index in [0.717, 1.165) is 23.9 Å². The molecule has 190 valence electrons. The van der Waals surface area contributed by atoms with E-state index in [4.69, 9.17) is 10.5 Å². The zero-order valence-corrected chi connectivity index (χ0v) is 21.5. The molecule has 3 N–H and O–H groups in total. The van der Waals surface area contributed by atoms with Crippen molar-refractivity contribution >= 4 is 22.4 Å². The molecular weight excluding hydrogens is 434 g/mol. The average Bonchev–Trinajstić information content (AvgIpc) is 2.88. The van der Waals surface area contributed by atoms with Gasteiger partial charge >= 0.3 is 0 Å². The van der Waals surface area contributed by atoms with Crippen LogP contribution in [0.3, 0.4) is 0 Å². The van der Waals surface area contributed by atoms with E-state index in [0.29, 0.717) is 23.1 Å². The SMILES string of the molecule is CCCCCCCCCCCCCCCCNc1ncnc(Oc2cccc3cccnc23)c1N. The van der Waals surface area contributed by atoms with Gasteiger partial charge in [-0.2, -0.15) is 4.98 Å². The van der Waals surface area contributed by atoms with E-state index >= 15 is 0 Å². The number of rotatable bonds is 18. The van der Waals surface area contributed by atoms with Gasteiger partial charge in [-0.05, 0) is 18.6 Å². The van der Waals surface area contributed by atoms with Crippen LogP contribution in [0.2, 0.25) is 0 Å². The lowest BCUT2D eigenvalue weighted by molar-refractivity contribution is 0.468. The molecule has 1 aromatic carbocycles. The van der Waals surface area contributed by atoms with Crippen molar-refractivity contribution in [2.75, 3.05) is 17.6 Å². The minimum atomic E-state index is 0.349. The van der Waals surface area contributed by atoms with E-state index in [1.807, 2.05) is 30.3 Å². The van der Waals surface area contributed by atoms with Gasteiger partial charge in [0.1, 0.15) is 17.5 Å². The predicted octanol–water partition coefficient (Wildman–Crippen LogP) is 8.29. The van der Waals surface area contributed by atoms with E-state index in [1.54, 1.807) is 6.20 Å². The second-order valence-electron chi connectivity index (χ2n) is 9.40. The molecule has 2 heterocycles. The summed E-state index contributed by atoms with van der Waals surface area (Å²) in [5, 5.41) is 4.36. The number of hydrogen-bond acceptors (Lipinski definition) is 6. The van der Waals surface area contributed by atoms with Crippen LogP contribution in [0.25, 0.3) is 10.9 Å². The van der Waals surface area contributed by atoms with E-state index in [-0.39, 0.29) is 0 Å². The molecule has 35 heavy (non-hydrogen) atoms. The number of nitrogens with zero attached hydrogens (tertiary/aromatic N) is 3. The van der Waals surface area contributed by atoms with Gasteiger partial charge in [0, 0.05) is 18.1 Å². The number of pyridine rings is 1. The van der Waals surface area contributed by atoms with Crippen LogP contribution in [-0.4, -0.2) is 21.5 Å². The number of fused-ring (bicyclic) bond motifs is 1. The molecule has 6 nitrogen and oxygen atoms in total. The van der Waals surface area contributed by atoms with Crippen molar-refractivity contribution in [1.82, 2.24) is 15.0 Å². The normalized spacial score (nSPS) is 11.1. The Hall–Kier alpha value is -2.89. The minimum absolute atomic E-state index is 0.349. The zero-order valence-electron chi connectivity index (χ0n) is 21.5. The van der Waals surface area contributed by atoms with Gasteiger partial charge in [-0.25, -0.2) is 4.98 Å². The largest absolute Gasteiger partial charge is 0.435 e. The Balaban J connectivity index is 1.28. The van der Waals surface area contributed by atoms with Gasteiger partial charge in [0.05, 0.1) is 0 Å². The van der Waals surface area contributed by atoms with E-state index in [1.165, 1.54) is 89.8 Å². The molecule has 2 aromatic heterocycles. The van der Waals surface area contributed by atoms with Gasteiger partial charge in [-0.15, -0.1) is 0 Å². The van der Waals surface area contributed by atoms with Gasteiger partial charge in [0.25, 0.3) is 0 Å². The van der Waals surface area contributed by atoms with Gasteiger partial charge in [-0.3, -0.25) is 4.98 Å². The lowest BCUT2D eigenvalue weighted by Crippen LogP contribution is -2.08. The molecule has 0 bridgehead atoms. The second kappa shape index (κ2) is 15.9. The third-order valence-corrected chi connectivity index (χ3v) is 6.47. The summed E-state index contributed by atoms with van der Waals surface area (Å²) in [6, 6.07) is 9.72. The van der Waals surface area contributed by atoms with E-state index in [2.05, 4.69) is 27.2 Å². The monoisotopic (exact) mass is 477 g/mol. The van der Waals surface area contributed by atoms with Crippen LogP contribution < -0.4 is 15.8 Å². The first-order chi connectivity index (χ1) is 17.3. The number of ether oxygens (including phenoxy) is 1. The third-order valence-electron chi connectivity index (χ3n) is 6.47. The van der Waals surface area contributed by atoms with Crippen LogP contribution in [-0.2, 0) is 0 Å². The number of nitrogen functional groups attached to an aromatic ring is 1. The van der Waals surface area contributed by atoms with Crippen LogP contribution in [0.15, 0.2) is 42.9 Å². The number of benzene rings is 1. The van der Waals surface area contributed by atoms with Crippen LogP contribution in [0.4, 0.5) is 11.5 Å². The van der Waals surface area contributed by atoms with Crippen molar-refractivity contribution < 1.29 is 4.74 Å². The molecule has 0 saturated heterocycles. The molecule has 0 fully saturated rings. The summed E-state index contributed by atoms with van der Waals surface area (Å²) >= 11 is 0. The van der Waals surface area contributed by atoms with E-state index < -0.39 is 0 Å². The highest BCUT2D eigenvalue weighted by molar-refractivity contribution is 5.84. The lowest BCUT2D eigenvalue weighted by atomic mass is 10.0. The number of aromatic nitrogens is 3. The Morgan fingerprint density at radius 2 is 1.37 bits per heavy atom. The molecule has 0 spiro atoms. The van der Waals surface area contributed by atoms with Crippen LogP contribution in [0, 0.1) is 0 Å². The van der Waals surface area contributed by atoms with Crippen molar-refractivity contribution in [3.63, 3.8) is 0 Å². The molecule has 0 radical (unpaired) electrons. The summed E-state index contributed by atoms with van der Waals surface area (Å²) in [4.78, 5) is 13.0. The van der Waals surface area contributed by atoms with Gasteiger partial charge in [-0.1, -0.05) is 109 Å². The van der Waals surface area contributed by atoms with Crippen molar-refractivity contribution in [3.05, 3.63) is 42.9 Å². The number of unbranched alkanes of at least 4 members (excludes halogenated alkanes) is 13. The smallest absolute Gasteiger partial charge is 0.248 e. The summed E-state index contributed by atoms with van der Waals surface area (Å²) < 4.78 is 6.01. The average molecular weight is 478 g/mol. The fourth-order valence-electron chi connectivity index (χ4n) is 4.39. The maximum Gasteiger partial charge on any atom is 0.248 e. The molecular formula is C29H43N5O.